The Hall–Kier alpha value is -2.26. The fourth-order valence-electron chi connectivity index (χ4n) is 2.14. The molecule has 1 heterocycles. The molecule has 0 amide bonds. The molecular weight excluding hydrogens is 272 g/mol. The van der Waals surface area contributed by atoms with Gasteiger partial charge in [0.05, 0.1) is 16.3 Å². The number of halogens is 1. The first kappa shape index (κ1) is 12.8. The zero-order chi connectivity index (χ0) is 14.1. The van der Waals surface area contributed by atoms with Crippen LogP contribution in [0.25, 0.3) is 10.9 Å². The number of hydrogen-bond donors (Lipinski definition) is 2. The van der Waals surface area contributed by atoms with Crippen LogP contribution >= 0.6 is 11.6 Å². The van der Waals surface area contributed by atoms with Gasteiger partial charge in [-0.3, -0.25) is 4.99 Å². The predicted molar refractivity (Wildman–Crippen MR) is 83.4 cm³/mol. The fourth-order valence-corrected chi connectivity index (χ4v) is 2.32. The lowest BCUT2D eigenvalue weighted by molar-refractivity contribution is 0.457. The lowest BCUT2D eigenvalue weighted by atomic mass is 10.1. The number of aryl methyl sites for hydroxylation is 1. The standard InChI is InChI=1S/C16H13ClN2O/c1-10-6-7-11-12(16(20)19-15(11)8-10)9-18-14-5-3-2-4-13(14)17/h2-9,19-20H,1H3. The van der Waals surface area contributed by atoms with Gasteiger partial charge in [0.1, 0.15) is 0 Å². The Kier molecular flexibility index (Phi) is 3.20. The molecule has 100 valence electrons. The number of rotatable bonds is 2. The molecule has 2 aromatic carbocycles. The number of nitrogens with zero attached hydrogens (tertiary/aromatic N) is 1. The Labute approximate surface area is 121 Å². The molecule has 0 spiro atoms. The van der Waals surface area contributed by atoms with Crippen molar-refractivity contribution < 1.29 is 5.11 Å². The quantitative estimate of drug-likeness (QED) is 0.665. The number of para-hydroxylation sites is 1. The van der Waals surface area contributed by atoms with E-state index >= 15 is 0 Å². The van der Waals surface area contributed by atoms with Gasteiger partial charge in [0.25, 0.3) is 0 Å². The minimum atomic E-state index is 0.112. The molecule has 4 heteroatoms. The van der Waals surface area contributed by atoms with E-state index in [0.29, 0.717) is 16.3 Å². The summed E-state index contributed by atoms with van der Waals surface area (Å²) in [5, 5.41) is 11.5. The third kappa shape index (κ3) is 2.28. The summed E-state index contributed by atoms with van der Waals surface area (Å²) >= 11 is 6.06. The summed E-state index contributed by atoms with van der Waals surface area (Å²) in [6, 6.07) is 13.3. The van der Waals surface area contributed by atoms with E-state index in [1.54, 1.807) is 12.3 Å². The molecule has 0 radical (unpaired) electrons. The number of aliphatic imine (C=N–C) groups is 1. The van der Waals surface area contributed by atoms with Crippen LogP contribution in [0.1, 0.15) is 11.1 Å². The van der Waals surface area contributed by atoms with Gasteiger partial charge in [0.15, 0.2) is 5.88 Å². The van der Waals surface area contributed by atoms with Crippen molar-refractivity contribution in [2.24, 2.45) is 4.99 Å². The zero-order valence-corrected chi connectivity index (χ0v) is 11.6. The van der Waals surface area contributed by atoms with Crippen LogP contribution < -0.4 is 0 Å². The fraction of sp³-hybridized carbons (Fsp3) is 0.0625. The molecule has 3 nitrogen and oxygen atoms in total. The molecule has 0 aliphatic rings. The van der Waals surface area contributed by atoms with Gasteiger partial charge in [-0.15, -0.1) is 0 Å². The summed E-state index contributed by atoms with van der Waals surface area (Å²) in [6.45, 7) is 2.01. The molecule has 0 atom stereocenters. The highest BCUT2D eigenvalue weighted by Crippen LogP contribution is 2.28. The first-order valence-corrected chi connectivity index (χ1v) is 6.63. The Morgan fingerprint density at radius 1 is 1.20 bits per heavy atom. The van der Waals surface area contributed by atoms with Gasteiger partial charge >= 0.3 is 0 Å². The molecule has 0 saturated heterocycles. The van der Waals surface area contributed by atoms with Crippen LogP contribution in [0.15, 0.2) is 47.5 Å². The molecule has 3 aromatic rings. The number of aromatic amines is 1. The molecule has 0 aliphatic carbocycles. The average molecular weight is 285 g/mol. The summed E-state index contributed by atoms with van der Waals surface area (Å²) in [5.41, 5.74) is 3.37. The van der Waals surface area contributed by atoms with E-state index < -0.39 is 0 Å². The van der Waals surface area contributed by atoms with Crippen LogP contribution in [0.5, 0.6) is 5.88 Å². The second-order valence-corrected chi connectivity index (χ2v) is 5.05. The van der Waals surface area contributed by atoms with Gasteiger partial charge in [-0.25, -0.2) is 0 Å². The number of fused-ring (bicyclic) bond motifs is 1. The van der Waals surface area contributed by atoms with Crippen molar-refractivity contribution >= 4 is 34.4 Å². The molecule has 0 fully saturated rings. The second kappa shape index (κ2) is 5.02. The van der Waals surface area contributed by atoms with Crippen molar-refractivity contribution in [1.29, 1.82) is 0 Å². The SMILES string of the molecule is Cc1ccc2c(C=Nc3ccccc3Cl)c(O)[nH]c2c1. The maximum Gasteiger partial charge on any atom is 0.198 e. The maximum atomic E-state index is 9.99. The Morgan fingerprint density at radius 3 is 2.80 bits per heavy atom. The van der Waals surface area contributed by atoms with E-state index in [9.17, 15) is 5.11 Å². The summed E-state index contributed by atoms with van der Waals surface area (Å²) in [7, 11) is 0. The smallest absolute Gasteiger partial charge is 0.198 e. The van der Waals surface area contributed by atoms with Crippen molar-refractivity contribution in [3.63, 3.8) is 0 Å². The van der Waals surface area contributed by atoms with Gasteiger partial charge in [-0.2, -0.15) is 0 Å². The van der Waals surface area contributed by atoms with E-state index in [1.807, 2.05) is 43.3 Å². The van der Waals surface area contributed by atoms with Crippen LogP contribution in [0.2, 0.25) is 5.02 Å². The lowest BCUT2D eigenvalue weighted by Gasteiger charge is -1.97. The Balaban J connectivity index is 2.07. The third-order valence-electron chi connectivity index (χ3n) is 3.16. The Bertz CT molecular complexity index is 805. The number of H-pyrrole nitrogens is 1. The number of hydrogen-bond acceptors (Lipinski definition) is 2. The largest absolute Gasteiger partial charge is 0.494 e. The molecule has 3 rings (SSSR count). The minimum absolute atomic E-state index is 0.112. The number of benzene rings is 2. The predicted octanol–water partition coefficient (Wildman–Crippen LogP) is 4.59. The number of nitrogens with one attached hydrogen (secondary N) is 1. The van der Waals surface area contributed by atoms with E-state index in [4.69, 9.17) is 11.6 Å². The van der Waals surface area contributed by atoms with Gasteiger partial charge in [-0.1, -0.05) is 35.9 Å². The van der Waals surface area contributed by atoms with Crippen molar-refractivity contribution in [2.45, 2.75) is 6.92 Å². The van der Waals surface area contributed by atoms with Gasteiger partial charge in [0.2, 0.25) is 0 Å². The third-order valence-corrected chi connectivity index (χ3v) is 3.48. The summed E-state index contributed by atoms with van der Waals surface area (Å²) < 4.78 is 0. The van der Waals surface area contributed by atoms with Crippen LogP contribution in [0.4, 0.5) is 5.69 Å². The molecule has 0 bridgehead atoms. The number of aromatic hydroxyl groups is 1. The van der Waals surface area contributed by atoms with Crippen LogP contribution in [0, 0.1) is 6.92 Å². The van der Waals surface area contributed by atoms with Crippen molar-refractivity contribution in [3.8, 4) is 5.88 Å². The topological polar surface area (TPSA) is 48.4 Å². The first-order valence-electron chi connectivity index (χ1n) is 6.25. The Morgan fingerprint density at radius 2 is 2.00 bits per heavy atom. The molecule has 0 aliphatic heterocycles. The van der Waals surface area contributed by atoms with Crippen LogP contribution in [0.3, 0.4) is 0 Å². The summed E-state index contributed by atoms with van der Waals surface area (Å²) in [6.07, 6.45) is 1.63. The molecule has 2 N–H and O–H groups in total. The molecule has 0 unspecified atom stereocenters. The van der Waals surface area contributed by atoms with Crippen molar-refractivity contribution in [3.05, 3.63) is 58.6 Å². The maximum absolute atomic E-state index is 9.99. The highest BCUT2D eigenvalue weighted by Gasteiger charge is 2.08. The summed E-state index contributed by atoms with van der Waals surface area (Å²) in [5.74, 6) is 0.112. The van der Waals surface area contributed by atoms with Gasteiger partial charge in [0, 0.05) is 17.1 Å². The highest BCUT2D eigenvalue weighted by atomic mass is 35.5. The van der Waals surface area contributed by atoms with E-state index in [0.717, 1.165) is 16.5 Å². The van der Waals surface area contributed by atoms with E-state index in [2.05, 4.69) is 9.98 Å². The minimum Gasteiger partial charge on any atom is -0.494 e. The zero-order valence-electron chi connectivity index (χ0n) is 10.9. The molecule has 1 aromatic heterocycles. The van der Waals surface area contributed by atoms with Gasteiger partial charge < -0.3 is 10.1 Å². The lowest BCUT2D eigenvalue weighted by Crippen LogP contribution is -1.79. The van der Waals surface area contributed by atoms with Crippen LogP contribution in [-0.4, -0.2) is 16.3 Å². The monoisotopic (exact) mass is 284 g/mol. The van der Waals surface area contributed by atoms with Gasteiger partial charge in [-0.05, 0) is 30.7 Å². The molecular formula is C16H13ClN2O. The van der Waals surface area contributed by atoms with E-state index in [-0.39, 0.29) is 5.88 Å². The molecule has 0 saturated carbocycles. The van der Waals surface area contributed by atoms with Crippen molar-refractivity contribution in [2.75, 3.05) is 0 Å². The number of aromatic nitrogens is 1. The second-order valence-electron chi connectivity index (χ2n) is 4.65. The summed E-state index contributed by atoms with van der Waals surface area (Å²) in [4.78, 5) is 7.29. The molecule has 20 heavy (non-hydrogen) atoms. The highest BCUT2D eigenvalue weighted by molar-refractivity contribution is 6.33. The first-order chi connectivity index (χ1) is 9.65. The van der Waals surface area contributed by atoms with Crippen molar-refractivity contribution in [1.82, 2.24) is 4.98 Å². The average Bonchev–Trinajstić information content (AvgIpc) is 2.73. The van der Waals surface area contributed by atoms with Crippen LogP contribution in [-0.2, 0) is 0 Å². The van der Waals surface area contributed by atoms with E-state index in [1.165, 1.54) is 0 Å². The normalized spacial score (nSPS) is 11.5.